The number of aromatic nitrogens is 4. The molecule has 2 aromatic heterocycles. The lowest BCUT2D eigenvalue weighted by molar-refractivity contribution is 0.602. The highest BCUT2D eigenvalue weighted by atomic mass is 32.2. The first-order valence-electron chi connectivity index (χ1n) is 8.26. The number of sulfonamides is 1. The zero-order valence-electron chi connectivity index (χ0n) is 14.7. The highest BCUT2D eigenvalue weighted by molar-refractivity contribution is 7.93. The molecule has 138 valence electrons. The first-order chi connectivity index (χ1) is 12.9. The van der Waals surface area contributed by atoms with E-state index in [-0.39, 0.29) is 4.90 Å². The van der Waals surface area contributed by atoms with Gasteiger partial charge in [0.25, 0.3) is 10.0 Å². The summed E-state index contributed by atoms with van der Waals surface area (Å²) in [5, 5.41) is 4.44. The minimum absolute atomic E-state index is 0.125. The summed E-state index contributed by atoms with van der Waals surface area (Å²) in [6.07, 6.45) is 0. The molecular formula is C18H17N5O2S2. The molecule has 2 heterocycles. The van der Waals surface area contributed by atoms with Crippen LogP contribution < -0.4 is 4.72 Å². The molecule has 0 aliphatic heterocycles. The molecule has 0 atom stereocenters. The Hall–Kier alpha value is -2.78. The average Bonchev–Trinajstić information content (AvgIpc) is 3.22. The van der Waals surface area contributed by atoms with Gasteiger partial charge in [0.1, 0.15) is 15.9 Å². The van der Waals surface area contributed by atoms with E-state index in [2.05, 4.69) is 18.6 Å². The summed E-state index contributed by atoms with van der Waals surface area (Å²) in [6, 6.07) is 14.2. The van der Waals surface area contributed by atoms with Crippen LogP contribution in [0.1, 0.15) is 17.0 Å². The van der Waals surface area contributed by atoms with Gasteiger partial charge in [-0.3, -0.25) is 9.40 Å². The molecule has 0 unspecified atom stereocenters. The van der Waals surface area contributed by atoms with Crippen molar-refractivity contribution < 1.29 is 8.42 Å². The van der Waals surface area contributed by atoms with Crippen LogP contribution in [-0.4, -0.2) is 26.9 Å². The number of fused-ring (bicyclic) bond motifs is 1. The Morgan fingerprint density at radius 1 is 1.07 bits per heavy atom. The van der Waals surface area contributed by atoms with Gasteiger partial charge < -0.3 is 0 Å². The van der Waals surface area contributed by atoms with E-state index in [0.29, 0.717) is 23.3 Å². The lowest BCUT2D eigenvalue weighted by Crippen LogP contribution is -2.13. The standard InChI is InChI=1S/C18H17N5O2S2/c1-12-10-13(2)23(19-12)11-14-6-8-15(9-7-14)22-27(24,25)17-5-3-4-16-18(17)21-26-20-16/h3-10,22H,11H2,1-2H3. The lowest BCUT2D eigenvalue weighted by atomic mass is 10.2. The number of anilines is 1. The van der Waals surface area contributed by atoms with Crippen molar-refractivity contribution in [1.82, 2.24) is 18.5 Å². The molecule has 7 nitrogen and oxygen atoms in total. The van der Waals surface area contributed by atoms with Crippen LogP contribution in [0.3, 0.4) is 0 Å². The number of aryl methyl sites for hydroxylation is 2. The third-order valence-corrected chi connectivity index (χ3v) is 6.14. The fraction of sp³-hybridized carbons (Fsp3) is 0.167. The van der Waals surface area contributed by atoms with E-state index < -0.39 is 10.0 Å². The topological polar surface area (TPSA) is 89.8 Å². The van der Waals surface area contributed by atoms with Crippen molar-refractivity contribution in [2.45, 2.75) is 25.3 Å². The van der Waals surface area contributed by atoms with Crippen LogP contribution in [0, 0.1) is 13.8 Å². The Morgan fingerprint density at radius 2 is 1.85 bits per heavy atom. The summed E-state index contributed by atoms with van der Waals surface area (Å²) in [7, 11) is -3.75. The van der Waals surface area contributed by atoms with Gasteiger partial charge in [-0.15, -0.1) is 0 Å². The first-order valence-corrected chi connectivity index (χ1v) is 10.5. The summed E-state index contributed by atoms with van der Waals surface area (Å²) >= 11 is 0.995. The summed E-state index contributed by atoms with van der Waals surface area (Å²) in [5.74, 6) is 0. The minimum Gasteiger partial charge on any atom is -0.280 e. The van der Waals surface area contributed by atoms with E-state index in [4.69, 9.17) is 0 Å². The van der Waals surface area contributed by atoms with Crippen LogP contribution in [0.25, 0.3) is 11.0 Å². The van der Waals surface area contributed by atoms with Gasteiger partial charge in [0, 0.05) is 11.4 Å². The van der Waals surface area contributed by atoms with Crippen molar-refractivity contribution in [2.24, 2.45) is 0 Å². The third-order valence-electron chi connectivity index (χ3n) is 4.18. The molecule has 0 bridgehead atoms. The Kier molecular flexibility index (Phi) is 4.40. The molecule has 0 aliphatic rings. The second-order valence-corrected chi connectivity index (χ2v) is 8.45. The minimum atomic E-state index is -3.75. The maximum Gasteiger partial charge on any atom is 0.264 e. The molecule has 0 spiro atoms. The number of hydrogen-bond acceptors (Lipinski definition) is 6. The SMILES string of the molecule is Cc1cc(C)n(Cc2ccc(NS(=O)(=O)c3cccc4nsnc34)cc2)n1. The summed E-state index contributed by atoms with van der Waals surface area (Å²) < 4.78 is 38.2. The van der Waals surface area contributed by atoms with E-state index in [1.807, 2.05) is 36.7 Å². The molecule has 0 fully saturated rings. The number of nitrogens with zero attached hydrogens (tertiary/aromatic N) is 4. The summed E-state index contributed by atoms with van der Waals surface area (Å²) in [5.41, 5.74) is 4.55. The molecule has 0 radical (unpaired) electrons. The van der Waals surface area contributed by atoms with Crippen LogP contribution >= 0.6 is 11.7 Å². The lowest BCUT2D eigenvalue weighted by Gasteiger charge is -2.10. The predicted molar refractivity (Wildman–Crippen MR) is 105 cm³/mol. The fourth-order valence-corrected chi connectivity index (χ4v) is 4.72. The van der Waals surface area contributed by atoms with Gasteiger partial charge in [-0.05, 0) is 49.7 Å². The molecule has 1 N–H and O–H groups in total. The molecule has 0 saturated carbocycles. The Morgan fingerprint density at radius 3 is 2.56 bits per heavy atom. The van der Waals surface area contributed by atoms with Crippen molar-refractivity contribution in [3.05, 3.63) is 65.5 Å². The van der Waals surface area contributed by atoms with Gasteiger partial charge in [-0.2, -0.15) is 13.8 Å². The van der Waals surface area contributed by atoms with E-state index in [0.717, 1.165) is 28.7 Å². The second-order valence-electron chi connectivity index (χ2n) is 6.28. The number of benzene rings is 2. The van der Waals surface area contributed by atoms with Gasteiger partial charge in [-0.25, -0.2) is 8.42 Å². The number of hydrogen-bond donors (Lipinski definition) is 1. The smallest absolute Gasteiger partial charge is 0.264 e. The van der Waals surface area contributed by atoms with Crippen LogP contribution in [0.4, 0.5) is 5.69 Å². The van der Waals surface area contributed by atoms with E-state index >= 15 is 0 Å². The first kappa shape index (κ1) is 17.6. The van der Waals surface area contributed by atoms with Gasteiger partial charge in [-0.1, -0.05) is 18.2 Å². The van der Waals surface area contributed by atoms with Gasteiger partial charge in [0.2, 0.25) is 0 Å². The zero-order valence-corrected chi connectivity index (χ0v) is 16.4. The molecule has 4 aromatic rings. The van der Waals surface area contributed by atoms with E-state index in [1.54, 1.807) is 24.3 Å². The summed E-state index contributed by atoms with van der Waals surface area (Å²) in [6.45, 7) is 4.60. The zero-order chi connectivity index (χ0) is 19.0. The molecule has 9 heteroatoms. The maximum absolute atomic E-state index is 12.7. The second kappa shape index (κ2) is 6.75. The highest BCUT2D eigenvalue weighted by Crippen LogP contribution is 2.23. The van der Waals surface area contributed by atoms with Crippen molar-refractivity contribution in [1.29, 1.82) is 0 Å². The van der Waals surface area contributed by atoms with Crippen molar-refractivity contribution in [2.75, 3.05) is 4.72 Å². The molecule has 0 amide bonds. The van der Waals surface area contributed by atoms with Gasteiger partial charge >= 0.3 is 0 Å². The third kappa shape index (κ3) is 3.56. The molecular weight excluding hydrogens is 382 g/mol. The molecule has 0 aliphatic carbocycles. The van der Waals surface area contributed by atoms with Crippen molar-refractivity contribution >= 4 is 38.5 Å². The fourth-order valence-electron chi connectivity index (χ4n) is 2.89. The quantitative estimate of drug-likeness (QED) is 0.556. The van der Waals surface area contributed by atoms with Crippen LogP contribution in [-0.2, 0) is 16.6 Å². The highest BCUT2D eigenvalue weighted by Gasteiger charge is 2.19. The molecule has 27 heavy (non-hydrogen) atoms. The van der Waals surface area contributed by atoms with E-state index in [9.17, 15) is 8.42 Å². The molecule has 4 rings (SSSR count). The largest absolute Gasteiger partial charge is 0.280 e. The Labute approximate surface area is 161 Å². The van der Waals surface area contributed by atoms with E-state index in [1.165, 1.54) is 6.07 Å². The van der Waals surface area contributed by atoms with Crippen molar-refractivity contribution in [3.8, 4) is 0 Å². The monoisotopic (exact) mass is 399 g/mol. The molecule has 2 aromatic carbocycles. The summed E-state index contributed by atoms with van der Waals surface area (Å²) in [4.78, 5) is 0.125. The van der Waals surface area contributed by atoms with Crippen LogP contribution in [0.5, 0.6) is 0 Å². The Balaban J connectivity index is 1.56. The normalized spacial score (nSPS) is 11.8. The maximum atomic E-state index is 12.7. The van der Waals surface area contributed by atoms with Gasteiger partial charge in [0.05, 0.1) is 24.0 Å². The average molecular weight is 400 g/mol. The van der Waals surface area contributed by atoms with Crippen LogP contribution in [0.15, 0.2) is 53.4 Å². The van der Waals surface area contributed by atoms with Crippen molar-refractivity contribution in [3.63, 3.8) is 0 Å². The number of rotatable bonds is 5. The molecule has 0 saturated heterocycles. The number of nitrogens with one attached hydrogen (secondary N) is 1. The van der Waals surface area contributed by atoms with Gasteiger partial charge in [0.15, 0.2) is 0 Å². The van der Waals surface area contributed by atoms with Crippen LogP contribution in [0.2, 0.25) is 0 Å². The predicted octanol–water partition coefficient (Wildman–Crippen LogP) is 3.35. The Bertz CT molecular complexity index is 1210.